The molecule has 0 aromatic heterocycles. The van der Waals surface area contributed by atoms with Crippen LogP contribution in [0.1, 0.15) is 22.3 Å². The van der Waals surface area contributed by atoms with Crippen molar-refractivity contribution < 1.29 is 0 Å². The average Bonchev–Trinajstić information content (AvgIpc) is 3.47. The van der Waals surface area contributed by atoms with Gasteiger partial charge in [0.15, 0.2) is 0 Å². The van der Waals surface area contributed by atoms with Gasteiger partial charge in [-0.1, -0.05) is 158 Å². The number of fused-ring (bicyclic) bond motifs is 8. The molecular weight excluding hydrogens is 725 g/mol. The average molecular weight is 767 g/mol. The summed E-state index contributed by atoms with van der Waals surface area (Å²) < 4.78 is 0. The lowest BCUT2D eigenvalue weighted by Gasteiger charge is -2.30. The summed E-state index contributed by atoms with van der Waals surface area (Å²) in [5.74, 6) is 0. The van der Waals surface area contributed by atoms with Gasteiger partial charge in [-0.15, -0.1) is 0 Å². The number of nitrogens with zero attached hydrogens (tertiary/aromatic N) is 2. The predicted molar refractivity (Wildman–Crippen MR) is 258 cm³/mol. The molecule has 0 N–H and O–H groups in total. The maximum absolute atomic E-state index is 2.43. The zero-order valence-electron chi connectivity index (χ0n) is 33.7. The molecule has 10 aromatic rings. The summed E-state index contributed by atoms with van der Waals surface area (Å²) in [5.41, 5.74) is 16.5. The fraction of sp³-hybridized carbons (Fsp3) is 0.0345. The zero-order valence-corrected chi connectivity index (χ0v) is 33.7. The molecule has 11 rings (SSSR count). The van der Waals surface area contributed by atoms with E-state index in [2.05, 4.69) is 242 Å². The topological polar surface area (TPSA) is 6.48 Å². The molecule has 2 nitrogen and oxygen atoms in total. The summed E-state index contributed by atoms with van der Waals surface area (Å²) in [7, 11) is 0. The van der Waals surface area contributed by atoms with Crippen LogP contribution in [0.15, 0.2) is 206 Å². The van der Waals surface area contributed by atoms with Crippen molar-refractivity contribution in [3.63, 3.8) is 0 Å². The highest BCUT2D eigenvalue weighted by Crippen LogP contribution is 2.46. The van der Waals surface area contributed by atoms with Crippen LogP contribution >= 0.6 is 0 Å². The first-order valence-corrected chi connectivity index (χ1v) is 20.8. The summed E-state index contributed by atoms with van der Waals surface area (Å²) in [6.07, 6.45) is 4.51. The van der Waals surface area contributed by atoms with Gasteiger partial charge in [0, 0.05) is 22.7 Å². The van der Waals surface area contributed by atoms with Gasteiger partial charge in [0.25, 0.3) is 0 Å². The quantitative estimate of drug-likeness (QED) is 0.156. The van der Waals surface area contributed by atoms with E-state index in [0.29, 0.717) is 0 Å². The lowest BCUT2D eigenvalue weighted by atomic mass is 9.92. The number of hydrogen-bond donors (Lipinski definition) is 0. The number of benzene rings is 10. The molecule has 2 heteroatoms. The van der Waals surface area contributed by atoms with Crippen molar-refractivity contribution in [1.82, 2.24) is 0 Å². The first-order chi connectivity index (χ1) is 29.6. The third-order valence-corrected chi connectivity index (χ3v) is 12.3. The van der Waals surface area contributed by atoms with Crippen molar-refractivity contribution in [3.05, 3.63) is 229 Å². The Hall–Kier alpha value is -7.68. The van der Waals surface area contributed by atoms with Crippen LogP contribution in [0, 0.1) is 13.8 Å². The van der Waals surface area contributed by atoms with Gasteiger partial charge in [-0.25, -0.2) is 0 Å². The highest BCUT2D eigenvalue weighted by Gasteiger charge is 2.22. The number of aryl methyl sites for hydroxylation is 1. The molecule has 0 fully saturated rings. The zero-order chi connectivity index (χ0) is 40.2. The van der Waals surface area contributed by atoms with Gasteiger partial charge in [-0.2, -0.15) is 0 Å². The van der Waals surface area contributed by atoms with Crippen molar-refractivity contribution in [2.75, 3.05) is 9.80 Å². The van der Waals surface area contributed by atoms with E-state index in [1.54, 1.807) is 0 Å². The van der Waals surface area contributed by atoms with Crippen LogP contribution in [0.3, 0.4) is 0 Å². The monoisotopic (exact) mass is 766 g/mol. The standard InChI is InChI=1S/C58H42N2/c1-39-15-6-12-24-55(39)59(47-33-29-41(30-34-47)43-31-35-53-51-21-9-8-19-49(51)50-20-10-11-22-52(50)54(53)38-43)56-26-14-23-48(40(56)2)44-32-36-58-45(37-44)28-27-42-16-7-13-25-57(42)60(58)46-17-4-3-5-18-46/h3-38H,1-2H3. The molecule has 0 unspecified atom stereocenters. The molecule has 60 heavy (non-hydrogen) atoms. The van der Waals surface area contributed by atoms with E-state index in [1.807, 2.05) is 0 Å². The molecule has 0 amide bonds. The van der Waals surface area contributed by atoms with Gasteiger partial charge in [0.2, 0.25) is 0 Å². The number of hydrogen-bond acceptors (Lipinski definition) is 2. The molecule has 0 atom stereocenters. The molecule has 0 saturated carbocycles. The highest BCUT2D eigenvalue weighted by molar-refractivity contribution is 6.25. The molecule has 0 saturated heterocycles. The Morgan fingerprint density at radius 2 is 0.933 bits per heavy atom. The Bertz CT molecular complexity index is 3250. The van der Waals surface area contributed by atoms with Crippen LogP contribution in [0.5, 0.6) is 0 Å². The third kappa shape index (κ3) is 5.96. The molecule has 1 aliphatic rings. The summed E-state index contributed by atoms with van der Waals surface area (Å²) in [4.78, 5) is 4.80. The van der Waals surface area contributed by atoms with Crippen molar-refractivity contribution >= 4 is 78.6 Å². The van der Waals surface area contributed by atoms with Gasteiger partial charge in [-0.05, 0) is 151 Å². The number of rotatable bonds is 6. The Balaban J connectivity index is 1.00. The molecule has 1 heterocycles. The van der Waals surface area contributed by atoms with E-state index >= 15 is 0 Å². The van der Waals surface area contributed by atoms with E-state index < -0.39 is 0 Å². The summed E-state index contributed by atoms with van der Waals surface area (Å²) >= 11 is 0. The maximum atomic E-state index is 2.43. The third-order valence-electron chi connectivity index (χ3n) is 12.3. The molecule has 0 spiro atoms. The molecule has 0 radical (unpaired) electrons. The number of para-hydroxylation sites is 3. The Morgan fingerprint density at radius 1 is 0.367 bits per heavy atom. The smallest absolute Gasteiger partial charge is 0.0534 e. The minimum absolute atomic E-state index is 1.12. The lowest BCUT2D eigenvalue weighted by molar-refractivity contribution is 1.23. The maximum Gasteiger partial charge on any atom is 0.0534 e. The fourth-order valence-electron chi connectivity index (χ4n) is 9.35. The minimum atomic E-state index is 1.12. The van der Waals surface area contributed by atoms with E-state index in [0.717, 1.165) is 28.4 Å². The van der Waals surface area contributed by atoms with Crippen LogP contribution in [-0.2, 0) is 0 Å². The molecular formula is C58H42N2. The van der Waals surface area contributed by atoms with E-state index in [4.69, 9.17) is 0 Å². The molecule has 10 aromatic carbocycles. The summed E-state index contributed by atoms with van der Waals surface area (Å²) in [6.45, 7) is 4.47. The Morgan fingerprint density at radius 3 is 1.68 bits per heavy atom. The van der Waals surface area contributed by atoms with E-state index in [9.17, 15) is 0 Å². The second kappa shape index (κ2) is 14.6. The first-order valence-electron chi connectivity index (χ1n) is 20.8. The Labute approximate surface area is 351 Å². The van der Waals surface area contributed by atoms with Gasteiger partial charge >= 0.3 is 0 Å². The van der Waals surface area contributed by atoms with E-state index in [1.165, 1.54) is 82.5 Å². The van der Waals surface area contributed by atoms with Crippen LogP contribution in [0.25, 0.3) is 66.7 Å². The first kappa shape index (κ1) is 35.5. The highest BCUT2D eigenvalue weighted by atomic mass is 15.2. The van der Waals surface area contributed by atoms with Crippen LogP contribution < -0.4 is 9.80 Å². The van der Waals surface area contributed by atoms with Crippen molar-refractivity contribution in [2.45, 2.75) is 13.8 Å². The van der Waals surface area contributed by atoms with Crippen molar-refractivity contribution in [3.8, 4) is 22.3 Å². The summed E-state index contributed by atoms with van der Waals surface area (Å²) in [6, 6.07) is 75.3. The lowest BCUT2D eigenvalue weighted by Crippen LogP contribution is -2.13. The number of anilines is 6. The normalized spacial score (nSPS) is 12.1. The molecule has 0 aliphatic carbocycles. The second-order valence-electron chi connectivity index (χ2n) is 15.8. The van der Waals surface area contributed by atoms with E-state index in [-0.39, 0.29) is 0 Å². The summed E-state index contributed by atoms with van der Waals surface area (Å²) in [5, 5.41) is 7.74. The van der Waals surface area contributed by atoms with Crippen molar-refractivity contribution in [2.24, 2.45) is 0 Å². The van der Waals surface area contributed by atoms with Crippen molar-refractivity contribution in [1.29, 1.82) is 0 Å². The predicted octanol–water partition coefficient (Wildman–Crippen LogP) is 16.5. The van der Waals surface area contributed by atoms with Gasteiger partial charge < -0.3 is 9.80 Å². The van der Waals surface area contributed by atoms with Gasteiger partial charge in [0.05, 0.1) is 11.4 Å². The van der Waals surface area contributed by atoms with Crippen LogP contribution in [-0.4, -0.2) is 0 Å². The fourth-order valence-corrected chi connectivity index (χ4v) is 9.35. The molecule has 1 aliphatic heterocycles. The van der Waals surface area contributed by atoms with Gasteiger partial charge in [-0.3, -0.25) is 0 Å². The molecule has 0 bridgehead atoms. The van der Waals surface area contributed by atoms with Gasteiger partial charge in [0.1, 0.15) is 0 Å². The SMILES string of the molecule is Cc1ccccc1N(c1ccc(-c2ccc3c4ccccc4c4ccccc4c3c2)cc1)c1cccc(-c2ccc3c(c2)C=Cc2ccccc2N3c2ccccc2)c1C. The Kier molecular flexibility index (Phi) is 8.64. The van der Waals surface area contributed by atoms with Crippen LogP contribution in [0.2, 0.25) is 0 Å². The largest absolute Gasteiger partial charge is 0.310 e. The molecule has 284 valence electrons. The second-order valence-corrected chi connectivity index (χ2v) is 15.8. The van der Waals surface area contributed by atoms with Crippen LogP contribution in [0.4, 0.5) is 34.1 Å². The minimum Gasteiger partial charge on any atom is -0.310 e.